The van der Waals surface area contributed by atoms with E-state index in [9.17, 15) is 13.2 Å². The molecule has 0 radical (unpaired) electrons. The number of aliphatic imine (C=N–C) groups is 1. The van der Waals surface area contributed by atoms with Gasteiger partial charge in [0.2, 0.25) is 15.9 Å². The topological polar surface area (TPSA) is 103 Å². The summed E-state index contributed by atoms with van der Waals surface area (Å²) in [6.07, 6.45) is 0. The van der Waals surface area contributed by atoms with Crippen molar-refractivity contribution in [3.63, 3.8) is 0 Å². The van der Waals surface area contributed by atoms with Gasteiger partial charge in [0.15, 0.2) is 5.96 Å². The monoisotopic (exact) mass is 521 g/mol. The summed E-state index contributed by atoms with van der Waals surface area (Å²) in [6, 6.07) is 0. The lowest BCUT2D eigenvalue weighted by Crippen LogP contribution is -2.45. The van der Waals surface area contributed by atoms with E-state index in [-0.39, 0.29) is 54.3 Å². The highest BCUT2D eigenvalue weighted by Crippen LogP contribution is 2.12. The normalized spacial score (nSPS) is 16.5. The number of hydrogen-bond donors (Lipinski definition) is 3. The van der Waals surface area contributed by atoms with Crippen LogP contribution in [0.25, 0.3) is 0 Å². The van der Waals surface area contributed by atoms with Crippen molar-refractivity contribution in [3.8, 4) is 0 Å². The van der Waals surface area contributed by atoms with Crippen LogP contribution in [0.3, 0.4) is 0 Å². The molecule has 0 aromatic carbocycles. The summed E-state index contributed by atoms with van der Waals surface area (Å²) >= 11 is 1.77. The molecule has 154 valence electrons. The predicted octanol–water partition coefficient (Wildman–Crippen LogP) is 0.453. The van der Waals surface area contributed by atoms with Gasteiger partial charge >= 0.3 is 0 Å². The molecule has 1 rings (SSSR count). The zero-order valence-corrected chi connectivity index (χ0v) is 20.0. The fraction of sp³-hybridized carbons (Fsp3) is 0.867. The van der Waals surface area contributed by atoms with Crippen LogP contribution in [0.2, 0.25) is 0 Å². The van der Waals surface area contributed by atoms with E-state index < -0.39 is 10.0 Å². The molecule has 1 heterocycles. The largest absolute Gasteiger partial charge is 0.357 e. The molecule has 0 saturated carbocycles. The van der Waals surface area contributed by atoms with Crippen molar-refractivity contribution in [2.75, 3.05) is 50.0 Å². The van der Waals surface area contributed by atoms with Crippen molar-refractivity contribution in [1.29, 1.82) is 0 Å². The number of nitrogens with one attached hydrogen (secondary N) is 3. The highest BCUT2D eigenvalue weighted by molar-refractivity contribution is 14.0. The molecular weight excluding hydrogens is 489 g/mol. The molecule has 0 aromatic heterocycles. The summed E-state index contributed by atoms with van der Waals surface area (Å²) in [5.74, 6) is 1.97. The van der Waals surface area contributed by atoms with Crippen molar-refractivity contribution in [2.24, 2.45) is 4.99 Å². The lowest BCUT2D eigenvalue weighted by Gasteiger charge is -2.25. The first-order chi connectivity index (χ1) is 11.6. The highest BCUT2D eigenvalue weighted by atomic mass is 127. The van der Waals surface area contributed by atoms with Gasteiger partial charge in [0.25, 0.3) is 0 Å². The van der Waals surface area contributed by atoms with Crippen molar-refractivity contribution >= 4 is 57.6 Å². The summed E-state index contributed by atoms with van der Waals surface area (Å²) in [4.78, 5) is 16.0. The van der Waals surface area contributed by atoms with Crippen LogP contribution in [0.15, 0.2) is 4.99 Å². The Morgan fingerprint density at radius 1 is 1.19 bits per heavy atom. The van der Waals surface area contributed by atoms with E-state index in [0.29, 0.717) is 25.6 Å². The zero-order valence-electron chi connectivity index (χ0n) is 16.0. The van der Waals surface area contributed by atoms with E-state index in [4.69, 9.17) is 0 Å². The molecule has 8 nitrogen and oxygen atoms in total. The Morgan fingerprint density at radius 3 is 2.35 bits per heavy atom. The fourth-order valence-corrected chi connectivity index (χ4v) is 4.69. The number of thioether (sulfide) groups is 1. The Morgan fingerprint density at radius 2 is 1.81 bits per heavy atom. The van der Waals surface area contributed by atoms with Crippen LogP contribution in [-0.2, 0) is 14.8 Å². The van der Waals surface area contributed by atoms with Crippen LogP contribution in [0, 0.1) is 0 Å². The van der Waals surface area contributed by atoms with Crippen LogP contribution in [0.4, 0.5) is 0 Å². The summed E-state index contributed by atoms with van der Waals surface area (Å²) < 4.78 is 26.1. The number of carbonyl (C=O) groups excluding carboxylic acids is 1. The van der Waals surface area contributed by atoms with Crippen molar-refractivity contribution < 1.29 is 13.2 Å². The minimum atomic E-state index is -3.25. The first-order valence-electron chi connectivity index (χ1n) is 8.53. The summed E-state index contributed by atoms with van der Waals surface area (Å²) in [7, 11) is -3.25. The van der Waals surface area contributed by atoms with Gasteiger partial charge in [-0.3, -0.25) is 4.79 Å². The minimum absolute atomic E-state index is 0. The molecule has 1 aliphatic heterocycles. The summed E-state index contributed by atoms with van der Waals surface area (Å²) in [5, 5.41) is 8.83. The third kappa shape index (κ3) is 10.8. The van der Waals surface area contributed by atoms with Crippen LogP contribution in [-0.4, -0.2) is 80.1 Å². The van der Waals surface area contributed by atoms with Crippen LogP contribution >= 0.6 is 35.7 Å². The fourth-order valence-electron chi connectivity index (χ4n) is 2.20. The van der Waals surface area contributed by atoms with Crippen LogP contribution in [0.1, 0.15) is 27.7 Å². The maximum atomic E-state index is 12.3. The number of hydrogen-bond acceptors (Lipinski definition) is 5. The molecule has 0 spiro atoms. The van der Waals surface area contributed by atoms with Gasteiger partial charge in [-0.2, -0.15) is 11.8 Å². The number of sulfonamides is 1. The first kappa shape index (κ1) is 25.7. The average molecular weight is 521 g/mol. The second kappa shape index (κ2) is 12.2. The lowest BCUT2D eigenvalue weighted by molar-refractivity contribution is -0.121. The highest BCUT2D eigenvalue weighted by Gasteiger charge is 2.23. The number of rotatable bonds is 7. The van der Waals surface area contributed by atoms with Gasteiger partial charge in [-0.15, -0.1) is 24.0 Å². The van der Waals surface area contributed by atoms with Gasteiger partial charge in [0.1, 0.15) is 6.54 Å². The number of carbonyl (C=O) groups is 1. The van der Waals surface area contributed by atoms with Crippen molar-refractivity contribution in [1.82, 2.24) is 20.3 Å². The second-order valence-electron chi connectivity index (χ2n) is 6.75. The quantitative estimate of drug-likeness (QED) is 0.256. The smallest absolute Gasteiger partial charge is 0.242 e. The van der Waals surface area contributed by atoms with Gasteiger partial charge in [0.05, 0.1) is 5.75 Å². The zero-order chi connectivity index (χ0) is 18.9. The third-order valence-corrected chi connectivity index (χ3v) is 6.07. The molecule has 0 atom stereocenters. The van der Waals surface area contributed by atoms with Crippen molar-refractivity contribution in [3.05, 3.63) is 0 Å². The molecule has 1 aliphatic rings. The number of guanidine groups is 1. The summed E-state index contributed by atoms with van der Waals surface area (Å²) in [6.45, 7) is 9.65. The minimum Gasteiger partial charge on any atom is -0.357 e. The maximum absolute atomic E-state index is 12.3. The van der Waals surface area contributed by atoms with E-state index >= 15 is 0 Å². The molecule has 0 unspecified atom stereocenters. The molecule has 1 saturated heterocycles. The molecule has 1 amide bonds. The van der Waals surface area contributed by atoms with Crippen LogP contribution < -0.4 is 16.0 Å². The Hall–Kier alpha value is -0.270. The molecule has 0 aliphatic carbocycles. The predicted molar refractivity (Wildman–Crippen MR) is 120 cm³/mol. The van der Waals surface area contributed by atoms with Crippen molar-refractivity contribution in [2.45, 2.75) is 33.2 Å². The van der Waals surface area contributed by atoms with Gasteiger partial charge in [-0.25, -0.2) is 17.7 Å². The Labute approximate surface area is 178 Å². The van der Waals surface area contributed by atoms with E-state index in [1.807, 2.05) is 27.7 Å². The number of amides is 1. The summed E-state index contributed by atoms with van der Waals surface area (Å²) in [5.41, 5.74) is -0.306. The van der Waals surface area contributed by atoms with Gasteiger partial charge < -0.3 is 16.0 Å². The Kier molecular flexibility index (Phi) is 12.1. The molecule has 26 heavy (non-hydrogen) atoms. The average Bonchev–Trinajstić information content (AvgIpc) is 2.51. The van der Waals surface area contributed by atoms with Crippen LogP contribution in [0.5, 0.6) is 0 Å². The standard InChI is InChI=1S/C15H31N5O3S2.HI/c1-5-16-14(18-12-13(21)19-15(2,3)4)17-6-11-25(22,23)20-7-9-24-10-8-20;/h5-12H2,1-4H3,(H,19,21)(H2,16,17,18);1H. The number of nitrogens with zero attached hydrogens (tertiary/aromatic N) is 2. The molecular formula is C15H32IN5O3S2. The third-order valence-electron chi connectivity index (χ3n) is 3.26. The molecule has 3 N–H and O–H groups in total. The lowest BCUT2D eigenvalue weighted by atomic mass is 10.1. The molecule has 0 aromatic rings. The first-order valence-corrected chi connectivity index (χ1v) is 11.3. The van der Waals surface area contributed by atoms with E-state index in [1.165, 1.54) is 0 Å². The molecule has 0 bridgehead atoms. The van der Waals surface area contributed by atoms with E-state index in [1.54, 1.807) is 16.1 Å². The Bertz CT molecular complexity index is 558. The van der Waals surface area contributed by atoms with E-state index in [0.717, 1.165) is 11.5 Å². The maximum Gasteiger partial charge on any atom is 0.242 e. The molecule has 1 fully saturated rings. The Balaban J connectivity index is 0.00000625. The second-order valence-corrected chi connectivity index (χ2v) is 10.1. The van der Waals surface area contributed by atoms with Gasteiger partial charge in [-0.05, 0) is 27.7 Å². The van der Waals surface area contributed by atoms with E-state index in [2.05, 4.69) is 20.9 Å². The number of halogens is 1. The SMILES string of the molecule is CCNC(=NCC(=O)NC(C)(C)C)NCCS(=O)(=O)N1CCSCC1.I. The molecule has 11 heteroatoms. The van der Waals surface area contributed by atoms with Gasteiger partial charge in [0, 0.05) is 43.2 Å². The van der Waals surface area contributed by atoms with Gasteiger partial charge in [-0.1, -0.05) is 0 Å².